The van der Waals surface area contributed by atoms with E-state index in [4.69, 9.17) is 4.42 Å². The van der Waals surface area contributed by atoms with Gasteiger partial charge in [0, 0.05) is 18.5 Å². The summed E-state index contributed by atoms with van der Waals surface area (Å²) in [5.41, 5.74) is 1.50. The lowest BCUT2D eigenvalue weighted by atomic mass is 10.0. The standard InChI is InChI=1S/C25H22F2N4O2/c26-19-9-3-1-7-16(19)13-17-15-28-24(33-17)23-11-5-6-12-31(23)25(32)22-14-21(29-30-22)18-8-2-4-10-20(18)27/h1-4,7-10,14-15,23H,5-6,11-13H2,(H,29,30). The lowest BCUT2D eigenvalue weighted by Crippen LogP contribution is -2.38. The van der Waals surface area contributed by atoms with Crippen molar-refractivity contribution in [2.75, 3.05) is 6.54 Å². The summed E-state index contributed by atoms with van der Waals surface area (Å²) in [5, 5.41) is 6.88. The van der Waals surface area contributed by atoms with Gasteiger partial charge in [0.1, 0.15) is 29.1 Å². The van der Waals surface area contributed by atoms with Crippen LogP contribution in [0.15, 0.2) is 65.2 Å². The lowest BCUT2D eigenvalue weighted by Gasteiger charge is -2.33. The predicted octanol–water partition coefficient (Wildman–Crippen LogP) is 5.30. The second-order valence-corrected chi connectivity index (χ2v) is 8.09. The molecule has 4 aromatic rings. The summed E-state index contributed by atoms with van der Waals surface area (Å²) in [6, 6.07) is 14.1. The van der Waals surface area contributed by atoms with Crippen molar-refractivity contribution in [1.82, 2.24) is 20.1 Å². The average molecular weight is 448 g/mol. The van der Waals surface area contributed by atoms with Crippen LogP contribution < -0.4 is 0 Å². The van der Waals surface area contributed by atoms with Crippen LogP contribution >= 0.6 is 0 Å². The van der Waals surface area contributed by atoms with Crippen molar-refractivity contribution in [2.24, 2.45) is 0 Å². The van der Waals surface area contributed by atoms with Gasteiger partial charge in [-0.3, -0.25) is 9.89 Å². The number of carbonyl (C=O) groups is 1. The van der Waals surface area contributed by atoms with Crippen LogP contribution in [0.2, 0.25) is 0 Å². The van der Waals surface area contributed by atoms with Gasteiger partial charge in [-0.1, -0.05) is 30.3 Å². The van der Waals surface area contributed by atoms with Gasteiger partial charge < -0.3 is 9.32 Å². The summed E-state index contributed by atoms with van der Waals surface area (Å²) >= 11 is 0. The maximum Gasteiger partial charge on any atom is 0.272 e. The number of amides is 1. The molecule has 6 nitrogen and oxygen atoms in total. The number of aromatic amines is 1. The fourth-order valence-electron chi connectivity index (χ4n) is 4.21. The van der Waals surface area contributed by atoms with Crippen LogP contribution in [0.25, 0.3) is 11.3 Å². The predicted molar refractivity (Wildman–Crippen MR) is 117 cm³/mol. The van der Waals surface area contributed by atoms with Crippen LogP contribution in [0.5, 0.6) is 0 Å². The second kappa shape index (κ2) is 8.97. The number of nitrogens with zero attached hydrogens (tertiary/aromatic N) is 3. The zero-order valence-electron chi connectivity index (χ0n) is 17.8. The molecular formula is C25H22F2N4O2. The Labute approximate surface area is 189 Å². The molecule has 1 aliphatic rings. The largest absolute Gasteiger partial charge is 0.443 e. The van der Waals surface area contributed by atoms with Gasteiger partial charge in [0.05, 0.1) is 11.9 Å². The molecule has 0 bridgehead atoms. The van der Waals surface area contributed by atoms with E-state index in [1.807, 2.05) is 0 Å². The molecule has 33 heavy (non-hydrogen) atoms. The van der Waals surface area contributed by atoms with Crippen molar-refractivity contribution in [2.45, 2.75) is 31.7 Å². The van der Waals surface area contributed by atoms with Crippen molar-refractivity contribution in [3.8, 4) is 11.3 Å². The SMILES string of the molecule is O=C(c1cc(-c2ccccc2F)n[nH]1)N1CCCCC1c1ncc(Cc2ccccc2F)o1. The number of benzene rings is 2. The molecule has 1 aliphatic heterocycles. The quantitative estimate of drug-likeness (QED) is 0.450. The minimum atomic E-state index is -0.402. The van der Waals surface area contributed by atoms with Crippen molar-refractivity contribution in [1.29, 1.82) is 0 Å². The molecule has 1 amide bonds. The Balaban J connectivity index is 1.36. The van der Waals surface area contributed by atoms with Crippen LogP contribution in [-0.2, 0) is 6.42 Å². The van der Waals surface area contributed by atoms with E-state index in [1.165, 1.54) is 12.1 Å². The van der Waals surface area contributed by atoms with Crippen LogP contribution in [0, 0.1) is 11.6 Å². The highest BCUT2D eigenvalue weighted by Gasteiger charge is 2.33. The third kappa shape index (κ3) is 4.28. The molecule has 0 spiro atoms. The highest BCUT2D eigenvalue weighted by atomic mass is 19.1. The number of halogens is 2. The number of oxazole rings is 1. The van der Waals surface area contributed by atoms with Crippen molar-refractivity contribution in [3.63, 3.8) is 0 Å². The molecule has 8 heteroatoms. The number of hydrogen-bond donors (Lipinski definition) is 1. The molecule has 2 aromatic carbocycles. The van der Waals surface area contributed by atoms with Crippen LogP contribution in [0.1, 0.15) is 53.0 Å². The van der Waals surface area contributed by atoms with Crippen LogP contribution in [0.3, 0.4) is 0 Å². The van der Waals surface area contributed by atoms with Gasteiger partial charge in [-0.05, 0) is 49.1 Å². The summed E-state index contributed by atoms with van der Waals surface area (Å²) in [6.45, 7) is 0.544. The van der Waals surface area contributed by atoms with Crippen LogP contribution in [0.4, 0.5) is 8.78 Å². The first-order chi connectivity index (χ1) is 16.1. The van der Waals surface area contributed by atoms with E-state index in [-0.39, 0.29) is 29.9 Å². The van der Waals surface area contributed by atoms with Crippen molar-refractivity contribution < 1.29 is 18.0 Å². The van der Waals surface area contributed by atoms with Gasteiger partial charge in [0.2, 0.25) is 5.89 Å². The highest BCUT2D eigenvalue weighted by molar-refractivity contribution is 5.93. The fraction of sp³-hybridized carbons (Fsp3) is 0.240. The van der Waals surface area contributed by atoms with Crippen LogP contribution in [-0.4, -0.2) is 32.5 Å². The molecule has 1 saturated heterocycles. The van der Waals surface area contributed by atoms with E-state index < -0.39 is 5.82 Å². The topological polar surface area (TPSA) is 75.0 Å². The van der Waals surface area contributed by atoms with E-state index in [2.05, 4.69) is 15.2 Å². The van der Waals surface area contributed by atoms with Gasteiger partial charge in [0.15, 0.2) is 0 Å². The normalized spacial score (nSPS) is 16.2. The smallest absolute Gasteiger partial charge is 0.272 e. The minimum Gasteiger partial charge on any atom is -0.443 e. The molecule has 3 heterocycles. The Bertz CT molecular complexity index is 1280. The van der Waals surface area contributed by atoms with Gasteiger partial charge >= 0.3 is 0 Å². The third-order valence-corrected chi connectivity index (χ3v) is 5.90. The first kappa shape index (κ1) is 21.1. The summed E-state index contributed by atoms with van der Waals surface area (Å²) in [7, 11) is 0. The maximum absolute atomic E-state index is 14.1. The third-order valence-electron chi connectivity index (χ3n) is 5.90. The fourth-order valence-corrected chi connectivity index (χ4v) is 4.21. The Morgan fingerprint density at radius 3 is 2.70 bits per heavy atom. The summed E-state index contributed by atoms with van der Waals surface area (Å²) < 4.78 is 34.0. The molecule has 1 unspecified atom stereocenters. The molecular weight excluding hydrogens is 426 g/mol. The number of nitrogens with one attached hydrogen (secondary N) is 1. The first-order valence-electron chi connectivity index (χ1n) is 10.9. The number of aromatic nitrogens is 3. The second-order valence-electron chi connectivity index (χ2n) is 8.09. The summed E-state index contributed by atoms with van der Waals surface area (Å²) in [5.74, 6) is 0.0270. The minimum absolute atomic E-state index is 0.247. The number of rotatable bonds is 5. The zero-order chi connectivity index (χ0) is 22.8. The Morgan fingerprint density at radius 1 is 1.09 bits per heavy atom. The van der Waals surface area contributed by atoms with Crippen molar-refractivity contribution >= 4 is 5.91 Å². The summed E-state index contributed by atoms with van der Waals surface area (Å²) in [4.78, 5) is 19.4. The maximum atomic E-state index is 14.1. The number of piperidine rings is 1. The van der Waals surface area contributed by atoms with Crippen molar-refractivity contribution in [3.05, 3.63) is 95.3 Å². The van der Waals surface area contributed by atoms with Gasteiger partial charge in [-0.15, -0.1) is 0 Å². The highest BCUT2D eigenvalue weighted by Crippen LogP contribution is 2.32. The molecule has 2 aromatic heterocycles. The first-order valence-corrected chi connectivity index (χ1v) is 10.9. The molecule has 0 radical (unpaired) electrons. The van der Waals surface area contributed by atoms with Gasteiger partial charge in [-0.25, -0.2) is 13.8 Å². The molecule has 1 atom stereocenters. The molecule has 0 saturated carbocycles. The van der Waals surface area contributed by atoms with E-state index in [0.29, 0.717) is 41.4 Å². The Morgan fingerprint density at radius 2 is 1.88 bits per heavy atom. The molecule has 168 valence electrons. The van der Waals surface area contributed by atoms with E-state index in [1.54, 1.807) is 53.6 Å². The van der Waals surface area contributed by atoms with Gasteiger partial charge in [-0.2, -0.15) is 5.10 Å². The Kier molecular flexibility index (Phi) is 5.73. The number of likely N-dealkylation sites (tertiary alicyclic amines) is 1. The average Bonchev–Trinajstić information content (AvgIpc) is 3.51. The van der Waals surface area contributed by atoms with E-state index >= 15 is 0 Å². The Hall–Kier alpha value is -3.81. The molecule has 1 N–H and O–H groups in total. The van der Waals surface area contributed by atoms with Gasteiger partial charge in [0.25, 0.3) is 5.91 Å². The molecule has 0 aliphatic carbocycles. The zero-order valence-corrected chi connectivity index (χ0v) is 17.8. The number of carbonyl (C=O) groups excluding carboxylic acids is 1. The van der Waals surface area contributed by atoms with E-state index in [9.17, 15) is 13.6 Å². The molecule has 5 rings (SSSR count). The number of H-pyrrole nitrogens is 1. The van der Waals surface area contributed by atoms with E-state index in [0.717, 1.165) is 12.8 Å². The monoisotopic (exact) mass is 448 g/mol. The number of hydrogen-bond acceptors (Lipinski definition) is 4. The summed E-state index contributed by atoms with van der Waals surface area (Å²) in [6.07, 6.45) is 4.38. The lowest BCUT2D eigenvalue weighted by molar-refractivity contribution is 0.0564. The molecule has 1 fully saturated rings.